The quantitative estimate of drug-likeness (QED) is 0.493. The first-order chi connectivity index (χ1) is 3.43. The SMILES string of the molecule is [CH]=CCC1CCC1. The lowest BCUT2D eigenvalue weighted by Crippen LogP contribution is -2.08. The third-order valence-corrected chi connectivity index (χ3v) is 1.69. The van der Waals surface area contributed by atoms with E-state index < -0.39 is 0 Å². The van der Waals surface area contributed by atoms with Gasteiger partial charge in [0, 0.05) is 0 Å². The highest BCUT2D eigenvalue weighted by atomic mass is 14.2. The van der Waals surface area contributed by atoms with Gasteiger partial charge in [0.2, 0.25) is 0 Å². The van der Waals surface area contributed by atoms with Gasteiger partial charge < -0.3 is 0 Å². The Hall–Kier alpha value is -0.260. The number of allylic oxidation sites excluding steroid dienone is 1. The van der Waals surface area contributed by atoms with Crippen LogP contribution in [0.4, 0.5) is 0 Å². The van der Waals surface area contributed by atoms with E-state index in [-0.39, 0.29) is 0 Å². The predicted octanol–water partition coefficient (Wildman–Crippen LogP) is 2.17. The average Bonchev–Trinajstić information content (AvgIpc) is 1.55. The van der Waals surface area contributed by atoms with Crippen molar-refractivity contribution in [2.24, 2.45) is 5.92 Å². The highest BCUT2D eigenvalue weighted by molar-refractivity contribution is 4.76. The lowest BCUT2D eigenvalue weighted by Gasteiger charge is -2.23. The molecule has 1 fully saturated rings. The van der Waals surface area contributed by atoms with Gasteiger partial charge in [0.25, 0.3) is 0 Å². The van der Waals surface area contributed by atoms with Gasteiger partial charge in [-0.15, -0.1) is 0 Å². The fraction of sp³-hybridized carbons (Fsp3) is 0.714. The predicted molar refractivity (Wildman–Crippen MR) is 30.8 cm³/mol. The Balaban J connectivity index is 2.03. The lowest BCUT2D eigenvalue weighted by molar-refractivity contribution is 0.319. The topological polar surface area (TPSA) is 0 Å². The van der Waals surface area contributed by atoms with Crippen molar-refractivity contribution in [3.8, 4) is 0 Å². The van der Waals surface area contributed by atoms with Gasteiger partial charge in [-0.05, 0) is 12.3 Å². The van der Waals surface area contributed by atoms with Crippen LogP contribution in [-0.4, -0.2) is 0 Å². The van der Waals surface area contributed by atoms with E-state index in [0.29, 0.717) is 0 Å². The van der Waals surface area contributed by atoms with E-state index >= 15 is 0 Å². The Bertz CT molecular complexity index is 60.4. The number of rotatable bonds is 2. The van der Waals surface area contributed by atoms with E-state index in [2.05, 4.69) is 0 Å². The van der Waals surface area contributed by atoms with Crippen LogP contribution in [0.25, 0.3) is 0 Å². The molecule has 0 heteroatoms. The zero-order chi connectivity index (χ0) is 5.11. The number of hydrogen-bond donors (Lipinski definition) is 0. The van der Waals surface area contributed by atoms with Crippen LogP contribution in [-0.2, 0) is 0 Å². The molecule has 1 rings (SSSR count). The molecule has 0 heterocycles. The first kappa shape index (κ1) is 4.89. The molecule has 1 saturated carbocycles. The minimum Gasteiger partial charge on any atom is -0.0843 e. The molecule has 0 aliphatic heterocycles. The summed E-state index contributed by atoms with van der Waals surface area (Å²) >= 11 is 0. The molecule has 7 heavy (non-hydrogen) atoms. The summed E-state index contributed by atoms with van der Waals surface area (Å²) in [6.07, 6.45) is 7.17. The standard InChI is InChI=1S/C7H11/c1-2-4-7-5-3-6-7/h1-2,7H,3-6H2. The van der Waals surface area contributed by atoms with Crippen LogP contribution < -0.4 is 0 Å². The van der Waals surface area contributed by atoms with E-state index in [4.69, 9.17) is 6.58 Å². The minimum atomic E-state index is 0.949. The second-order valence-electron chi connectivity index (χ2n) is 2.27. The van der Waals surface area contributed by atoms with Crippen LogP contribution in [0.2, 0.25) is 0 Å². The van der Waals surface area contributed by atoms with Gasteiger partial charge in [-0.25, -0.2) is 0 Å². The van der Waals surface area contributed by atoms with E-state index in [0.717, 1.165) is 12.3 Å². The Morgan fingerprint density at radius 2 is 2.29 bits per heavy atom. The van der Waals surface area contributed by atoms with Crippen LogP contribution in [0.15, 0.2) is 6.08 Å². The fourth-order valence-electron chi connectivity index (χ4n) is 0.921. The minimum absolute atomic E-state index is 0.949. The summed E-state index contributed by atoms with van der Waals surface area (Å²) in [7, 11) is 0. The van der Waals surface area contributed by atoms with Gasteiger partial charge in [0.1, 0.15) is 0 Å². The van der Waals surface area contributed by atoms with Crippen molar-refractivity contribution in [1.29, 1.82) is 0 Å². The third-order valence-electron chi connectivity index (χ3n) is 1.69. The Labute approximate surface area is 45.2 Å². The van der Waals surface area contributed by atoms with Crippen LogP contribution in [0.3, 0.4) is 0 Å². The maximum absolute atomic E-state index is 5.21. The molecular weight excluding hydrogens is 84.1 g/mol. The molecule has 1 aliphatic carbocycles. The van der Waals surface area contributed by atoms with Gasteiger partial charge >= 0.3 is 0 Å². The first-order valence-electron chi connectivity index (χ1n) is 2.97. The maximum Gasteiger partial charge on any atom is -0.0319 e. The molecule has 0 bridgehead atoms. The highest BCUT2D eigenvalue weighted by Crippen LogP contribution is 2.29. The normalized spacial score (nSPS) is 21.1. The Morgan fingerprint density at radius 1 is 1.57 bits per heavy atom. The molecule has 0 nitrogen and oxygen atoms in total. The van der Waals surface area contributed by atoms with E-state index in [1.165, 1.54) is 19.3 Å². The molecule has 1 aliphatic rings. The van der Waals surface area contributed by atoms with E-state index in [9.17, 15) is 0 Å². The smallest absolute Gasteiger partial charge is 0.0319 e. The molecule has 0 atom stereocenters. The highest BCUT2D eigenvalue weighted by Gasteiger charge is 2.14. The molecule has 0 aromatic rings. The second kappa shape index (κ2) is 2.15. The van der Waals surface area contributed by atoms with Crippen molar-refractivity contribution in [3.63, 3.8) is 0 Å². The molecule has 39 valence electrons. The summed E-state index contributed by atoms with van der Waals surface area (Å²) in [5.41, 5.74) is 0. The van der Waals surface area contributed by atoms with Crippen LogP contribution in [0.1, 0.15) is 25.7 Å². The molecule has 0 spiro atoms. The summed E-state index contributed by atoms with van der Waals surface area (Å²) < 4.78 is 0. The van der Waals surface area contributed by atoms with Crippen LogP contribution in [0, 0.1) is 12.5 Å². The monoisotopic (exact) mass is 95.1 g/mol. The summed E-state index contributed by atoms with van der Waals surface area (Å²) in [5.74, 6) is 0.949. The van der Waals surface area contributed by atoms with Gasteiger partial charge in [0.15, 0.2) is 0 Å². The summed E-state index contributed by atoms with van der Waals surface area (Å²) in [6, 6.07) is 0. The summed E-state index contributed by atoms with van der Waals surface area (Å²) in [5, 5.41) is 0. The molecule has 0 amide bonds. The lowest BCUT2D eigenvalue weighted by atomic mass is 9.83. The zero-order valence-electron chi connectivity index (χ0n) is 4.56. The van der Waals surface area contributed by atoms with Crippen molar-refractivity contribution in [3.05, 3.63) is 12.7 Å². The average molecular weight is 95.2 g/mol. The molecule has 0 saturated heterocycles. The number of hydrogen-bond acceptors (Lipinski definition) is 0. The van der Waals surface area contributed by atoms with Gasteiger partial charge in [-0.2, -0.15) is 0 Å². The van der Waals surface area contributed by atoms with Gasteiger partial charge in [0.05, 0.1) is 0 Å². The molecule has 0 N–H and O–H groups in total. The molecule has 1 radical (unpaired) electrons. The summed E-state index contributed by atoms with van der Waals surface area (Å²) in [6.45, 7) is 5.21. The van der Waals surface area contributed by atoms with Crippen molar-refractivity contribution in [2.75, 3.05) is 0 Å². The van der Waals surface area contributed by atoms with E-state index in [1.807, 2.05) is 0 Å². The maximum atomic E-state index is 5.21. The molecule has 0 unspecified atom stereocenters. The van der Waals surface area contributed by atoms with Crippen LogP contribution >= 0.6 is 0 Å². The van der Waals surface area contributed by atoms with E-state index in [1.54, 1.807) is 6.08 Å². The molecule has 0 aromatic heterocycles. The van der Waals surface area contributed by atoms with Crippen molar-refractivity contribution >= 4 is 0 Å². The van der Waals surface area contributed by atoms with Crippen molar-refractivity contribution in [1.82, 2.24) is 0 Å². The molecular formula is C7H11. The third kappa shape index (κ3) is 1.05. The Morgan fingerprint density at radius 3 is 2.43 bits per heavy atom. The summed E-state index contributed by atoms with van der Waals surface area (Å²) in [4.78, 5) is 0. The van der Waals surface area contributed by atoms with Gasteiger partial charge in [-0.1, -0.05) is 31.9 Å². The molecule has 0 aromatic carbocycles. The van der Waals surface area contributed by atoms with Crippen molar-refractivity contribution < 1.29 is 0 Å². The van der Waals surface area contributed by atoms with Gasteiger partial charge in [-0.3, -0.25) is 0 Å². The van der Waals surface area contributed by atoms with Crippen molar-refractivity contribution in [2.45, 2.75) is 25.7 Å². The first-order valence-corrected chi connectivity index (χ1v) is 2.97. The Kier molecular flexibility index (Phi) is 1.50. The zero-order valence-corrected chi connectivity index (χ0v) is 4.56. The van der Waals surface area contributed by atoms with Crippen LogP contribution in [0.5, 0.6) is 0 Å². The second-order valence-corrected chi connectivity index (χ2v) is 2.27. The largest absolute Gasteiger partial charge is 0.0843 e. The fourth-order valence-corrected chi connectivity index (χ4v) is 0.921.